The first-order chi connectivity index (χ1) is 15.1. The fraction of sp³-hybridized carbons (Fsp3) is 0.692. The molecule has 2 aliphatic rings. The molecule has 1 heterocycles. The molecule has 0 unspecified atom stereocenters. The van der Waals surface area contributed by atoms with Crippen molar-refractivity contribution in [2.75, 3.05) is 12.0 Å². The minimum Gasteiger partial charge on any atom is -0.465 e. The van der Waals surface area contributed by atoms with Gasteiger partial charge in [0.1, 0.15) is 4.88 Å². The highest BCUT2D eigenvalue weighted by Gasteiger charge is 2.37. The number of hydrogen-bond acceptors (Lipinski definition) is 5. The van der Waals surface area contributed by atoms with Crippen LogP contribution in [-0.4, -0.2) is 31.1 Å². The second kappa shape index (κ2) is 10.4. The Morgan fingerprint density at radius 2 is 1.72 bits per heavy atom. The third-order valence-corrected chi connectivity index (χ3v) is 7.63. The molecule has 0 bridgehead atoms. The summed E-state index contributed by atoms with van der Waals surface area (Å²) in [4.78, 5) is 29.8. The van der Waals surface area contributed by atoms with Crippen LogP contribution in [0.25, 0.3) is 0 Å². The predicted octanol–water partition coefficient (Wildman–Crippen LogP) is 5.36. The minimum atomic E-state index is -0.406. The number of hydrogen-bond donors (Lipinski definition) is 1. The number of thiophene rings is 1. The first kappa shape index (κ1) is 24.8. The molecule has 3 rings (SSSR count). The highest BCUT2D eigenvalue weighted by atomic mass is 32.1. The van der Waals surface area contributed by atoms with E-state index in [-0.39, 0.29) is 29.3 Å². The Labute approximate surface area is 197 Å². The van der Waals surface area contributed by atoms with Gasteiger partial charge in [-0.25, -0.2) is 4.79 Å². The summed E-state index contributed by atoms with van der Waals surface area (Å²) in [5.41, 5.74) is 6.68. The first-order valence-corrected chi connectivity index (χ1v) is 12.7. The molecule has 0 aliphatic heterocycles. The summed E-state index contributed by atoms with van der Waals surface area (Å²) in [6.45, 7) is 8.43. The Hall–Kier alpha value is -1.84. The maximum absolute atomic E-state index is 13.9. The summed E-state index contributed by atoms with van der Waals surface area (Å²) in [7, 11) is 1.39. The highest BCUT2D eigenvalue weighted by Crippen LogP contribution is 2.39. The first-order valence-electron chi connectivity index (χ1n) is 11.9. The Bertz CT molecular complexity index is 873. The fourth-order valence-corrected chi connectivity index (χ4v) is 5.59. The number of rotatable bonds is 4. The highest BCUT2D eigenvalue weighted by molar-refractivity contribution is 7.15. The van der Waals surface area contributed by atoms with E-state index >= 15 is 0 Å². The lowest BCUT2D eigenvalue weighted by molar-refractivity contribution is -0.124. The van der Waals surface area contributed by atoms with Gasteiger partial charge >= 0.3 is 5.97 Å². The number of carbonyl (C=O) groups is 2. The van der Waals surface area contributed by atoms with E-state index in [2.05, 4.69) is 39.5 Å². The molecule has 6 heteroatoms. The third kappa shape index (κ3) is 6.14. The van der Waals surface area contributed by atoms with Gasteiger partial charge in [-0.1, -0.05) is 18.8 Å². The molecule has 1 aromatic heterocycles. The predicted molar refractivity (Wildman–Crippen MR) is 131 cm³/mol. The summed E-state index contributed by atoms with van der Waals surface area (Å²) in [5, 5.41) is 0. The monoisotopic (exact) mass is 458 g/mol. The van der Waals surface area contributed by atoms with Gasteiger partial charge in [0.15, 0.2) is 0 Å². The molecule has 0 atom stereocenters. The topological polar surface area (TPSA) is 72.6 Å². The van der Waals surface area contributed by atoms with Crippen LogP contribution in [0.5, 0.6) is 0 Å². The van der Waals surface area contributed by atoms with Gasteiger partial charge < -0.3 is 15.4 Å². The van der Waals surface area contributed by atoms with Crippen molar-refractivity contribution in [2.45, 2.75) is 91.1 Å². The molecule has 0 spiro atoms. The lowest BCUT2D eigenvalue weighted by Gasteiger charge is -2.39. The molecule has 0 saturated heterocycles. The van der Waals surface area contributed by atoms with Gasteiger partial charge in [0.05, 0.1) is 17.7 Å². The van der Waals surface area contributed by atoms with Crippen LogP contribution < -0.4 is 10.6 Å². The van der Waals surface area contributed by atoms with Crippen molar-refractivity contribution in [3.8, 4) is 11.8 Å². The van der Waals surface area contributed by atoms with Crippen molar-refractivity contribution in [1.29, 1.82) is 0 Å². The zero-order valence-electron chi connectivity index (χ0n) is 20.2. The van der Waals surface area contributed by atoms with Crippen molar-refractivity contribution in [3.63, 3.8) is 0 Å². The summed E-state index contributed by atoms with van der Waals surface area (Å²) >= 11 is 1.32. The van der Waals surface area contributed by atoms with Gasteiger partial charge in [-0.05, 0) is 84.1 Å². The second-order valence-electron chi connectivity index (χ2n) is 10.6. The van der Waals surface area contributed by atoms with Gasteiger partial charge in [0.2, 0.25) is 5.91 Å². The maximum Gasteiger partial charge on any atom is 0.350 e. The molecule has 2 N–H and O–H groups in total. The van der Waals surface area contributed by atoms with Gasteiger partial charge in [0.25, 0.3) is 0 Å². The number of esters is 1. The van der Waals surface area contributed by atoms with E-state index in [9.17, 15) is 9.59 Å². The number of nitrogens with two attached hydrogens (primary N) is 1. The van der Waals surface area contributed by atoms with Crippen molar-refractivity contribution in [1.82, 2.24) is 0 Å². The van der Waals surface area contributed by atoms with Gasteiger partial charge in [-0.15, -0.1) is 11.3 Å². The second-order valence-corrected chi connectivity index (χ2v) is 11.6. The van der Waals surface area contributed by atoms with E-state index in [0.29, 0.717) is 16.5 Å². The molecular weight excluding hydrogens is 420 g/mol. The maximum atomic E-state index is 13.9. The third-order valence-electron chi connectivity index (χ3n) is 6.61. The lowest BCUT2D eigenvalue weighted by Crippen LogP contribution is -2.47. The van der Waals surface area contributed by atoms with Crippen LogP contribution in [0, 0.1) is 29.1 Å². The molecule has 1 aromatic rings. The van der Waals surface area contributed by atoms with E-state index in [1.54, 1.807) is 0 Å². The molecule has 176 valence electrons. The zero-order chi connectivity index (χ0) is 23.5. The summed E-state index contributed by atoms with van der Waals surface area (Å²) in [6.07, 6.45) is 7.49. The number of ether oxygens (including phenoxy) is 1. The molecular formula is C26H38N2O3S. The normalized spacial score (nSPS) is 26.1. The fourth-order valence-electron chi connectivity index (χ4n) is 4.67. The van der Waals surface area contributed by atoms with Gasteiger partial charge in [-0.2, -0.15) is 0 Å². The number of methoxy groups -OCH3 is 1. The average molecular weight is 459 g/mol. The van der Waals surface area contributed by atoms with Crippen molar-refractivity contribution >= 4 is 28.9 Å². The van der Waals surface area contributed by atoms with Crippen molar-refractivity contribution in [2.24, 2.45) is 23.0 Å². The molecule has 1 amide bonds. The molecule has 32 heavy (non-hydrogen) atoms. The Balaban J connectivity index is 2.02. The van der Waals surface area contributed by atoms with E-state index in [1.807, 2.05) is 11.0 Å². The smallest absolute Gasteiger partial charge is 0.350 e. The van der Waals surface area contributed by atoms with Crippen LogP contribution in [-0.2, 0) is 9.53 Å². The van der Waals surface area contributed by atoms with E-state index < -0.39 is 5.97 Å². The number of nitrogens with zero attached hydrogens (tertiary/aromatic N) is 1. The van der Waals surface area contributed by atoms with Crippen LogP contribution in [0.1, 0.15) is 93.6 Å². The Morgan fingerprint density at radius 1 is 1.09 bits per heavy atom. The number of anilines is 1. The van der Waals surface area contributed by atoms with Crippen LogP contribution in [0.3, 0.4) is 0 Å². The molecule has 0 radical (unpaired) electrons. The van der Waals surface area contributed by atoms with E-state index in [1.165, 1.54) is 18.4 Å². The SMILES string of the molecule is COC(=O)c1sc(C#CC(C)(C)C)cc1N(C(=O)[C@H]1CC[C@H](C)CC1)C1CCC(N)CC1. The van der Waals surface area contributed by atoms with E-state index in [4.69, 9.17) is 10.5 Å². The van der Waals surface area contributed by atoms with Crippen molar-refractivity contribution in [3.05, 3.63) is 15.8 Å². The average Bonchev–Trinajstić information content (AvgIpc) is 3.17. The summed E-state index contributed by atoms with van der Waals surface area (Å²) in [6, 6.07) is 2.17. The van der Waals surface area contributed by atoms with Crippen LogP contribution >= 0.6 is 11.3 Å². The quantitative estimate of drug-likeness (QED) is 0.487. The van der Waals surface area contributed by atoms with Crippen LogP contribution in [0.4, 0.5) is 5.69 Å². The van der Waals surface area contributed by atoms with Crippen LogP contribution in [0.15, 0.2) is 6.07 Å². The molecule has 0 aromatic carbocycles. The Kier molecular flexibility index (Phi) is 8.06. The van der Waals surface area contributed by atoms with E-state index in [0.717, 1.165) is 56.2 Å². The molecule has 2 aliphatic carbocycles. The molecule has 5 nitrogen and oxygen atoms in total. The van der Waals surface area contributed by atoms with Gasteiger partial charge in [-0.3, -0.25) is 4.79 Å². The number of amides is 1. The molecule has 2 saturated carbocycles. The largest absolute Gasteiger partial charge is 0.465 e. The van der Waals surface area contributed by atoms with Crippen molar-refractivity contribution < 1.29 is 14.3 Å². The summed E-state index contributed by atoms with van der Waals surface area (Å²) in [5.74, 6) is 6.89. The lowest BCUT2D eigenvalue weighted by atomic mass is 9.81. The Morgan fingerprint density at radius 3 is 2.28 bits per heavy atom. The van der Waals surface area contributed by atoms with Crippen LogP contribution in [0.2, 0.25) is 0 Å². The standard InChI is InChI=1S/C26H38N2O3S/c1-17-6-8-18(9-7-17)24(29)28(20-12-10-19(27)11-13-20)22-16-21(14-15-26(2,3)4)32-23(22)25(30)31-5/h16-20H,6-13,27H2,1-5H3/t17-,18-,19?,20?. The molecule has 2 fully saturated rings. The van der Waals surface area contributed by atoms with Gasteiger partial charge in [0, 0.05) is 23.4 Å². The summed E-state index contributed by atoms with van der Waals surface area (Å²) < 4.78 is 5.09. The number of carbonyl (C=O) groups excluding carboxylic acids is 2. The zero-order valence-corrected chi connectivity index (χ0v) is 21.0. The minimum absolute atomic E-state index is 0.0105.